The van der Waals surface area contributed by atoms with Crippen molar-refractivity contribution in [1.82, 2.24) is 14.5 Å². The Hall–Kier alpha value is -1.12. The third-order valence-electron chi connectivity index (χ3n) is 2.47. The van der Waals surface area contributed by atoms with Gasteiger partial charge in [-0.15, -0.1) is 0 Å². The minimum atomic E-state index is -3.53. The van der Waals surface area contributed by atoms with Crippen molar-refractivity contribution < 1.29 is 13.2 Å². The lowest BCUT2D eigenvalue weighted by molar-refractivity contribution is -0.0439. The lowest BCUT2D eigenvalue weighted by Gasteiger charge is -2.34. The van der Waals surface area contributed by atoms with Crippen LogP contribution in [0.1, 0.15) is 13.8 Å². The Morgan fingerprint density at radius 1 is 1.47 bits per heavy atom. The van der Waals surface area contributed by atoms with E-state index in [9.17, 15) is 8.42 Å². The predicted octanol–water partition coefficient (Wildman–Crippen LogP) is 0.176. The maximum atomic E-state index is 12.1. The van der Waals surface area contributed by atoms with Crippen molar-refractivity contribution in [3.63, 3.8) is 0 Å². The quantitative estimate of drug-likeness (QED) is 0.811. The summed E-state index contributed by atoms with van der Waals surface area (Å²) in [6, 6.07) is 0. The molecule has 0 aromatic carbocycles. The summed E-state index contributed by atoms with van der Waals surface area (Å²) in [4.78, 5) is 0. The lowest BCUT2D eigenvalue weighted by atomic mass is 10.3. The second kappa shape index (κ2) is 4.63. The molecule has 1 aliphatic heterocycles. The normalized spacial score (nSPS) is 26.9. The molecule has 1 aromatic heterocycles. The summed E-state index contributed by atoms with van der Waals surface area (Å²) < 4.78 is 33.5. The summed E-state index contributed by atoms with van der Waals surface area (Å²) in [5.74, 6) is 0. The molecule has 0 spiro atoms. The average Bonchev–Trinajstić information content (AvgIpc) is 2.68. The summed E-state index contributed by atoms with van der Waals surface area (Å²) in [5, 5.41) is 6.24. The van der Waals surface area contributed by atoms with Gasteiger partial charge in [0.05, 0.1) is 24.1 Å². The molecular formula is C9H16N4O3S. The van der Waals surface area contributed by atoms with E-state index in [1.54, 1.807) is 0 Å². The first kappa shape index (κ1) is 12.3. The van der Waals surface area contributed by atoms with Crippen molar-refractivity contribution in [3.8, 4) is 0 Å². The molecule has 2 unspecified atom stereocenters. The monoisotopic (exact) mass is 260 g/mol. The van der Waals surface area contributed by atoms with E-state index in [1.165, 1.54) is 16.7 Å². The molecule has 0 bridgehead atoms. The molecule has 1 saturated heterocycles. The van der Waals surface area contributed by atoms with Crippen LogP contribution < -0.4 is 4.72 Å². The van der Waals surface area contributed by atoms with E-state index in [1.807, 2.05) is 13.8 Å². The Bertz CT molecular complexity index is 449. The number of morpholine rings is 1. The van der Waals surface area contributed by atoms with E-state index in [-0.39, 0.29) is 12.2 Å². The van der Waals surface area contributed by atoms with E-state index >= 15 is 0 Å². The van der Waals surface area contributed by atoms with E-state index in [0.29, 0.717) is 18.8 Å². The second-order valence-electron chi connectivity index (χ2n) is 4.17. The summed E-state index contributed by atoms with van der Waals surface area (Å²) in [6.07, 6.45) is 2.72. The average molecular weight is 260 g/mol. The Morgan fingerprint density at radius 2 is 2.12 bits per heavy atom. The van der Waals surface area contributed by atoms with E-state index in [0.717, 1.165) is 0 Å². The SMILES string of the molecule is CC1CN(S(=O)(=O)Nc2cn[nH]c2)CC(C)O1. The van der Waals surface area contributed by atoms with Crippen molar-refractivity contribution >= 4 is 15.9 Å². The fourth-order valence-electron chi connectivity index (χ4n) is 1.85. The van der Waals surface area contributed by atoms with Crippen molar-refractivity contribution in [2.75, 3.05) is 17.8 Å². The fraction of sp³-hybridized carbons (Fsp3) is 0.667. The topological polar surface area (TPSA) is 87.3 Å². The number of ether oxygens (including phenoxy) is 1. The Labute approximate surface area is 100 Å². The molecule has 0 amide bonds. The number of aromatic amines is 1. The van der Waals surface area contributed by atoms with Crippen molar-refractivity contribution in [2.24, 2.45) is 0 Å². The summed E-state index contributed by atoms with van der Waals surface area (Å²) >= 11 is 0. The number of aromatic nitrogens is 2. The number of H-pyrrole nitrogens is 1. The van der Waals surface area contributed by atoms with E-state index in [4.69, 9.17) is 4.74 Å². The van der Waals surface area contributed by atoms with Gasteiger partial charge in [0.25, 0.3) is 0 Å². The molecule has 0 aliphatic carbocycles. The summed E-state index contributed by atoms with van der Waals surface area (Å²) in [6.45, 7) is 4.43. The van der Waals surface area contributed by atoms with Crippen LogP contribution in [0.25, 0.3) is 0 Å². The predicted molar refractivity (Wildman–Crippen MR) is 62.7 cm³/mol. The zero-order chi connectivity index (χ0) is 12.5. The van der Waals surface area contributed by atoms with Gasteiger partial charge in [-0.3, -0.25) is 9.82 Å². The molecule has 0 radical (unpaired) electrons. The number of hydrogen-bond acceptors (Lipinski definition) is 4. The third-order valence-corrected chi connectivity index (χ3v) is 3.94. The summed E-state index contributed by atoms with van der Waals surface area (Å²) in [5.41, 5.74) is 0.428. The molecule has 1 fully saturated rings. The molecular weight excluding hydrogens is 244 g/mol. The van der Waals surface area contributed by atoms with Crippen LogP contribution in [0.2, 0.25) is 0 Å². The Morgan fingerprint density at radius 3 is 2.65 bits per heavy atom. The molecule has 8 heteroatoms. The molecule has 17 heavy (non-hydrogen) atoms. The molecule has 2 rings (SSSR count). The van der Waals surface area contributed by atoms with E-state index < -0.39 is 10.2 Å². The van der Waals surface area contributed by atoms with Gasteiger partial charge in [-0.25, -0.2) is 0 Å². The van der Waals surface area contributed by atoms with Gasteiger partial charge in [0.15, 0.2) is 0 Å². The van der Waals surface area contributed by atoms with Crippen LogP contribution in [0.4, 0.5) is 5.69 Å². The van der Waals surface area contributed by atoms with Crippen LogP contribution in [0.5, 0.6) is 0 Å². The lowest BCUT2D eigenvalue weighted by Crippen LogP contribution is -2.49. The second-order valence-corrected chi connectivity index (χ2v) is 5.84. The highest BCUT2D eigenvalue weighted by Gasteiger charge is 2.31. The van der Waals surface area contributed by atoms with Crippen molar-refractivity contribution in [1.29, 1.82) is 0 Å². The van der Waals surface area contributed by atoms with Crippen molar-refractivity contribution in [2.45, 2.75) is 26.1 Å². The molecule has 1 aliphatic rings. The standard InChI is InChI=1S/C9H16N4O3S/c1-7-5-13(6-8(2)16-7)17(14,15)12-9-3-10-11-4-9/h3-4,7-8,12H,5-6H2,1-2H3,(H,10,11). The highest BCUT2D eigenvalue weighted by molar-refractivity contribution is 7.90. The van der Waals surface area contributed by atoms with E-state index in [2.05, 4.69) is 14.9 Å². The number of nitrogens with one attached hydrogen (secondary N) is 2. The number of hydrogen-bond donors (Lipinski definition) is 2. The minimum Gasteiger partial charge on any atom is -0.373 e. The maximum absolute atomic E-state index is 12.1. The van der Waals surface area contributed by atoms with Crippen LogP contribution in [0, 0.1) is 0 Å². The van der Waals surface area contributed by atoms with Gasteiger partial charge in [-0.2, -0.15) is 17.8 Å². The number of rotatable bonds is 3. The molecule has 96 valence electrons. The van der Waals surface area contributed by atoms with Crippen LogP contribution in [-0.2, 0) is 14.9 Å². The molecule has 2 heterocycles. The van der Waals surface area contributed by atoms with Crippen molar-refractivity contribution in [3.05, 3.63) is 12.4 Å². The van der Waals surface area contributed by atoms with Gasteiger partial charge in [0.2, 0.25) is 0 Å². The van der Waals surface area contributed by atoms with Gasteiger partial charge >= 0.3 is 10.2 Å². The zero-order valence-corrected chi connectivity index (χ0v) is 10.6. The fourth-order valence-corrected chi connectivity index (χ4v) is 3.20. The number of nitrogens with zero attached hydrogens (tertiary/aromatic N) is 2. The maximum Gasteiger partial charge on any atom is 0.301 e. The third kappa shape index (κ3) is 2.96. The molecule has 2 atom stereocenters. The Balaban J connectivity index is 2.09. The molecule has 2 N–H and O–H groups in total. The summed E-state index contributed by atoms with van der Waals surface area (Å²) in [7, 11) is -3.53. The van der Waals surface area contributed by atoms with Gasteiger partial charge in [0.1, 0.15) is 0 Å². The Kier molecular flexibility index (Phi) is 3.36. The van der Waals surface area contributed by atoms with Crippen LogP contribution in [0.3, 0.4) is 0 Å². The molecule has 1 aromatic rings. The highest BCUT2D eigenvalue weighted by Crippen LogP contribution is 2.16. The zero-order valence-electron chi connectivity index (χ0n) is 9.75. The first-order valence-corrected chi connectivity index (χ1v) is 6.83. The number of anilines is 1. The van der Waals surface area contributed by atoms with Gasteiger partial charge in [-0.05, 0) is 13.8 Å². The van der Waals surface area contributed by atoms with Gasteiger partial charge in [-0.1, -0.05) is 0 Å². The first-order chi connectivity index (χ1) is 7.97. The van der Waals surface area contributed by atoms with Crippen LogP contribution >= 0.6 is 0 Å². The largest absolute Gasteiger partial charge is 0.373 e. The first-order valence-electron chi connectivity index (χ1n) is 5.39. The molecule has 0 saturated carbocycles. The van der Waals surface area contributed by atoms with Gasteiger partial charge < -0.3 is 4.74 Å². The minimum absolute atomic E-state index is 0.0975. The highest BCUT2D eigenvalue weighted by atomic mass is 32.2. The van der Waals surface area contributed by atoms with Gasteiger partial charge in [0, 0.05) is 19.3 Å². The van der Waals surface area contributed by atoms with Crippen LogP contribution in [0.15, 0.2) is 12.4 Å². The smallest absolute Gasteiger partial charge is 0.301 e. The van der Waals surface area contributed by atoms with Crippen LogP contribution in [-0.4, -0.2) is 48.2 Å². The molecule has 7 nitrogen and oxygen atoms in total.